The molecule has 1 aromatic rings. The van der Waals surface area contributed by atoms with Gasteiger partial charge in [0, 0.05) is 24.5 Å². The SMILES string of the molecule is CCn1ccc(N)cc1=O. The zero-order chi connectivity index (χ0) is 7.56. The fourth-order valence-corrected chi connectivity index (χ4v) is 0.784. The maximum Gasteiger partial charge on any atom is 0.252 e. The second kappa shape index (κ2) is 2.56. The molecule has 0 fully saturated rings. The lowest BCUT2D eigenvalue weighted by molar-refractivity contribution is 0.728. The normalized spacial score (nSPS) is 9.70. The molecule has 0 aromatic carbocycles. The van der Waals surface area contributed by atoms with Crippen LogP contribution in [0.1, 0.15) is 6.92 Å². The van der Waals surface area contributed by atoms with Gasteiger partial charge < -0.3 is 10.3 Å². The Morgan fingerprint density at radius 1 is 1.70 bits per heavy atom. The first kappa shape index (κ1) is 6.86. The molecule has 0 unspecified atom stereocenters. The van der Waals surface area contributed by atoms with Crippen molar-refractivity contribution in [3.05, 3.63) is 28.7 Å². The van der Waals surface area contributed by atoms with Crippen LogP contribution in [0.2, 0.25) is 0 Å². The van der Waals surface area contributed by atoms with Crippen molar-refractivity contribution in [1.82, 2.24) is 4.57 Å². The molecule has 0 atom stereocenters. The van der Waals surface area contributed by atoms with Gasteiger partial charge in [-0.1, -0.05) is 0 Å². The van der Waals surface area contributed by atoms with Gasteiger partial charge >= 0.3 is 0 Å². The van der Waals surface area contributed by atoms with E-state index in [0.29, 0.717) is 12.2 Å². The van der Waals surface area contributed by atoms with E-state index in [0.717, 1.165) is 0 Å². The standard InChI is InChI=1S/C7H10N2O/c1-2-9-4-3-6(8)5-7(9)10/h3-5H,2,8H2,1H3. The summed E-state index contributed by atoms with van der Waals surface area (Å²) in [4.78, 5) is 11.0. The Morgan fingerprint density at radius 3 is 2.90 bits per heavy atom. The number of hydrogen-bond acceptors (Lipinski definition) is 2. The predicted molar refractivity (Wildman–Crippen MR) is 40.8 cm³/mol. The molecule has 0 aliphatic rings. The van der Waals surface area contributed by atoms with Crippen LogP contribution in [0.4, 0.5) is 5.69 Å². The number of rotatable bonds is 1. The molecule has 10 heavy (non-hydrogen) atoms. The second-order valence-corrected chi connectivity index (χ2v) is 2.08. The molecule has 1 aromatic heterocycles. The highest BCUT2D eigenvalue weighted by atomic mass is 16.1. The van der Waals surface area contributed by atoms with Gasteiger partial charge in [0.2, 0.25) is 0 Å². The molecule has 1 heterocycles. The van der Waals surface area contributed by atoms with Crippen LogP contribution in [0, 0.1) is 0 Å². The monoisotopic (exact) mass is 138 g/mol. The van der Waals surface area contributed by atoms with Crippen molar-refractivity contribution >= 4 is 5.69 Å². The summed E-state index contributed by atoms with van der Waals surface area (Å²) in [7, 11) is 0. The van der Waals surface area contributed by atoms with Gasteiger partial charge in [-0.05, 0) is 13.0 Å². The number of anilines is 1. The molecule has 3 nitrogen and oxygen atoms in total. The maximum atomic E-state index is 11.0. The summed E-state index contributed by atoms with van der Waals surface area (Å²) in [5, 5.41) is 0. The van der Waals surface area contributed by atoms with Gasteiger partial charge in [-0.25, -0.2) is 0 Å². The highest BCUT2D eigenvalue weighted by molar-refractivity contribution is 5.34. The number of nitrogen functional groups attached to an aromatic ring is 1. The molecule has 0 radical (unpaired) electrons. The molecule has 0 saturated carbocycles. The molecule has 2 N–H and O–H groups in total. The lowest BCUT2D eigenvalue weighted by atomic mass is 10.4. The second-order valence-electron chi connectivity index (χ2n) is 2.08. The summed E-state index contributed by atoms with van der Waals surface area (Å²) in [6.07, 6.45) is 1.69. The molecule has 0 saturated heterocycles. The summed E-state index contributed by atoms with van der Waals surface area (Å²) in [5.41, 5.74) is 5.85. The molecule has 0 amide bonds. The van der Waals surface area contributed by atoms with Gasteiger partial charge in [-0.3, -0.25) is 4.79 Å². The zero-order valence-electron chi connectivity index (χ0n) is 5.87. The van der Waals surface area contributed by atoms with Gasteiger partial charge in [0.05, 0.1) is 0 Å². The van der Waals surface area contributed by atoms with Gasteiger partial charge in [0.25, 0.3) is 5.56 Å². The van der Waals surface area contributed by atoms with Crippen LogP contribution in [-0.4, -0.2) is 4.57 Å². The molecule has 3 heteroatoms. The predicted octanol–water partition coefficient (Wildman–Crippen LogP) is 0.450. The Hall–Kier alpha value is -1.25. The lowest BCUT2D eigenvalue weighted by Crippen LogP contribution is -2.17. The van der Waals surface area contributed by atoms with Crippen LogP contribution < -0.4 is 11.3 Å². The van der Waals surface area contributed by atoms with Gasteiger partial charge in [0.1, 0.15) is 0 Å². The minimum atomic E-state index is -0.0394. The van der Waals surface area contributed by atoms with E-state index >= 15 is 0 Å². The fraction of sp³-hybridized carbons (Fsp3) is 0.286. The highest BCUT2D eigenvalue weighted by Gasteiger charge is 1.90. The van der Waals surface area contributed by atoms with E-state index in [4.69, 9.17) is 5.73 Å². The molecule has 0 spiro atoms. The number of nitrogens with zero attached hydrogens (tertiary/aromatic N) is 1. The van der Waals surface area contributed by atoms with Crippen molar-refractivity contribution < 1.29 is 0 Å². The van der Waals surface area contributed by atoms with Crippen LogP contribution in [0.5, 0.6) is 0 Å². The van der Waals surface area contributed by atoms with Gasteiger partial charge in [-0.15, -0.1) is 0 Å². The maximum absolute atomic E-state index is 11.0. The molecule has 54 valence electrons. The first-order valence-corrected chi connectivity index (χ1v) is 3.20. The Kier molecular flexibility index (Phi) is 1.76. The molecule has 1 rings (SSSR count). The quantitative estimate of drug-likeness (QED) is 0.612. The lowest BCUT2D eigenvalue weighted by Gasteiger charge is -1.99. The van der Waals surface area contributed by atoms with Gasteiger partial charge in [-0.2, -0.15) is 0 Å². The smallest absolute Gasteiger partial charge is 0.252 e. The minimum Gasteiger partial charge on any atom is -0.399 e. The fourth-order valence-electron chi connectivity index (χ4n) is 0.784. The third kappa shape index (κ3) is 1.18. The number of hydrogen-bond donors (Lipinski definition) is 1. The van der Waals surface area contributed by atoms with E-state index < -0.39 is 0 Å². The Morgan fingerprint density at radius 2 is 2.40 bits per heavy atom. The Bertz CT molecular complexity index is 277. The van der Waals surface area contributed by atoms with Crippen LogP contribution >= 0.6 is 0 Å². The number of aromatic nitrogens is 1. The Balaban J connectivity index is 3.20. The first-order chi connectivity index (χ1) is 4.74. The third-order valence-electron chi connectivity index (χ3n) is 1.36. The van der Waals surface area contributed by atoms with Crippen LogP contribution in [0.25, 0.3) is 0 Å². The van der Waals surface area contributed by atoms with Crippen molar-refractivity contribution in [3.8, 4) is 0 Å². The molecule has 0 bridgehead atoms. The van der Waals surface area contributed by atoms with Crippen LogP contribution in [0.3, 0.4) is 0 Å². The van der Waals surface area contributed by atoms with Crippen molar-refractivity contribution in [3.63, 3.8) is 0 Å². The summed E-state index contributed by atoms with van der Waals surface area (Å²) >= 11 is 0. The average molecular weight is 138 g/mol. The van der Waals surface area contributed by atoms with Gasteiger partial charge in [0.15, 0.2) is 0 Å². The molecular formula is C7H10N2O. The number of aryl methyl sites for hydroxylation is 1. The van der Waals surface area contributed by atoms with E-state index in [1.54, 1.807) is 16.8 Å². The van der Waals surface area contributed by atoms with E-state index in [2.05, 4.69) is 0 Å². The number of nitrogens with two attached hydrogens (primary N) is 1. The zero-order valence-corrected chi connectivity index (χ0v) is 5.87. The van der Waals surface area contributed by atoms with Crippen LogP contribution in [0.15, 0.2) is 23.1 Å². The van der Waals surface area contributed by atoms with Crippen molar-refractivity contribution in [1.29, 1.82) is 0 Å². The summed E-state index contributed by atoms with van der Waals surface area (Å²) < 4.78 is 1.59. The largest absolute Gasteiger partial charge is 0.399 e. The minimum absolute atomic E-state index is 0.0394. The van der Waals surface area contributed by atoms with E-state index in [-0.39, 0.29) is 5.56 Å². The first-order valence-electron chi connectivity index (χ1n) is 3.20. The molecular weight excluding hydrogens is 128 g/mol. The summed E-state index contributed by atoms with van der Waals surface area (Å²) in [6, 6.07) is 3.13. The summed E-state index contributed by atoms with van der Waals surface area (Å²) in [6.45, 7) is 2.61. The average Bonchev–Trinajstić information content (AvgIpc) is 1.88. The van der Waals surface area contributed by atoms with E-state index in [9.17, 15) is 4.79 Å². The van der Waals surface area contributed by atoms with E-state index in [1.807, 2.05) is 6.92 Å². The van der Waals surface area contributed by atoms with E-state index in [1.165, 1.54) is 6.07 Å². The van der Waals surface area contributed by atoms with Crippen molar-refractivity contribution in [2.45, 2.75) is 13.5 Å². The number of pyridine rings is 1. The summed E-state index contributed by atoms with van der Waals surface area (Å²) in [5.74, 6) is 0. The van der Waals surface area contributed by atoms with Crippen molar-refractivity contribution in [2.75, 3.05) is 5.73 Å². The van der Waals surface area contributed by atoms with Crippen LogP contribution in [-0.2, 0) is 6.54 Å². The molecule has 0 aliphatic carbocycles. The van der Waals surface area contributed by atoms with Crippen molar-refractivity contribution in [2.24, 2.45) is 0 Å². The Labute approximate surface area is 59.1 Å². The topological polar surface area (TPSA) is 48.0 Å². The molecule has 0 aliphatic heterocycles. The third-order valence-corrected chi connectivity index (χ3v) is 1.36. The highest BCUT2D eigenvalue weighted by Crippen LogP contribution is 1.93.